The van der Waals surface area contributed by atoms with Gasteiger partial charge in [0, 0.05) is 35.6 Å². The Balaban J connectivity index is 1.58. The van der Waals surface area contributed by atoms with E-state index < -0.39 is 39.1 Å². The average molecular weight is 627 g/mol. The fourth-order valence-electron chi connectivity index (χ4n) is 4.53. The predicted molar refractivity (Wildman–Crippen MR) is 154 cm³/mol. The van der Waals surface area contributed by atoms with Crippen LogP contribution < -0.4 is 16.3 Å². The van der Waals surface area contributed by atoms with Gasteiger partial charge in [-0.15, -0.1) is 0 Å². The molecule has 1 aliphatic rings. The largest absolute Gasteiger partial charge is 0.428 e. The summed E-state index contributed by atoms with van der Waals surface area (Å²) in [6.07, 6.45) is -1.32. The lowest BCUT2D eigenvalue weighted by Crippen LogP contribution is -2.42. The van der Waals surface area contributed by atoms with E-state index in [4.69, 9.17) is 32.9 Å². The predicted octanol–water partition coefficient (Wildman–Crippen LogP) is 6.68. The summed E-state index contributed by atoms with van der Waals surface area (Å²) in [6.45, 7) is 7.17. The number of nitrogens with zero attached hydrogens (tertiary/aromatic N) is 1. The molecule has 0 saturated carbocycles. The molecule has 3 N–H and O–H groups in total. The fraction of sp³-hybridized carbons (Fsp3) is 0.276. The first kappa shape index (κ1) is 31.6. The molecule has 0 radical (unpaired) electrons. The number of hydrogen-bond acceptors (Lipinski definition) is 6. The van der Waals surface area contributed by atoms with Gasteiger partial charge in [-0.3, -0.25) is 25.4 Å². The number of rotatable bonds is 11. The van der Waals surface area contributed by atoms with Gasteiger partial charge in [-0.1, -0.05) is 67.4 Å². The summed E-state index contributed by atoms with van der Waals surface area (Å²) in [5.41, 5.74) is 2.10. The standard InChI is InChI=1S/C29H28Cl2F4N4O3/c1-3-39(4-2)13-14-41-37-12-11-36-27(40)22-10-9-21(19-7-5-6-8-20(19)22)25-17-28(42-38-25,29(33,34)35)18-15-23(30)26(32)24(31)16-18/h5-12,15-17,37-38H,3-4,13-14H2,1-2H3,(H,36,40). The summed E-state index contributed by atoms with van der Waals surface area (Å²) >= 11 is 11.6. The van der Waals surface area contributed by atoms with E-state index in [0.29, 0.717) is 28.5 Å². The lowest BCUT2D eigenvalue weighted by Gasteiger charge is -2.28. The number of benzene rings is 3. The van der Waals surface area contributed by atoms with E-state index in [0.717, 1.165) is 37.8 Å². The number of hydrogen-bond donors (Lipinski definition) is 3. The van der Waals surface area contributed by atoms with Crippen LogP contribution in [0.5, 0.6) is 0 Å². The zero-order valence-electron chi connectivity index (χ0n) is 22.6. The molecule has 3 aromatic carbocycles. The normalized spacial score (nSPS) is 17.1. The molecule has 0 bridgehead atoms. The second kappa shape index (κ2) is 13.3. The minimum Gasteiger partial charge on any atom is -0.327 e. The smallest absolute Gasteiger partial charge is 0.327 e. The van der Waals surface area contributed by atoms with E-state index in [1.807, 2.05) is 0 Å². The summed E-state index contributed by atoms with van der Waals surface area (Å²) in [5.74, 6) is -1.48. The number of fused-ring (bicyclic) bond motifs is 1. The minimum atomic E-state index is -4.97. The van der Waals surface area contributed by atoms with Crippen molar-refractivity contribution in [3.63, 3.8) is 0 Å². The van der Waals surface area contributed by atoms with Crippen LogP contribution in [0.2, 0.25) is 10.0 Å². The molecule has 42 heavy (non-hydrogen) atoms. The minimum absolute atomic E-state index is 0.0157. The quantitative estimate of drug-likeness (QED) is 0.0954. The lowest BCUT2D eigenvalue weighted by atomic mass is 9.90. The van der Waals surface area contributed by atoms with Crippen LogP contribution in [0.4, 0.5) is 17.6 Å². The summed E-state index contributed by atoms with van der Waals surface area (Å²) < 4.78 is 57.3. The van der Waals surface area contributed by atoms with Crippen molar-refractivity contribution in [1.82, 2.24) is 21.2 Å². The number of carbonyl (C=O) groups excluding carboxylic acids is 1. The highest BCUT2D eigenvalue weighted by Gasteiger charge is 2.60. The Morgan fingerprint density at radius 3 is 2.38 bits per heavy atom. The molecule has 3 aromatic rings. The van der Waals surface area contributed by atoms with Gasteiger partial charge in [0.15, 0.2) is 5.82 Å². The van der Waals surface area contributed by atoms with E-state index in [1.165, 1.54) is 24.5 Å². The molecule has 0 aromatic heterocycles. The average Bonchev–Trinajstić information content (AvgIpc) is 3.43. The van der Waals surface area contributed by atoms with Gasteiger partial charge < -0.3 is 10.2 Å². The SMILES string of the molecule is CCN(CC)CCONC=CNC(=O)c1ccc(C2=CC(c3cc(Cl)c(F)c(Cl)c3)(C(F)(F)F)ON2)c2ccccc12. The van der Waals surface area contributed by atoms with Crippen LogP contribution in [-0.4, -0.2) is 43.2 Å². The molecule has 1 amide bonds. The van der Waals surface area contributed by atoms with E-state index in [1.54, 1.807) is 24.3 Å². The van der Waals surface area contributed by atoms with Crippen LogP contribution in [-0.2, 0) is 15.3 Å². The van der Waals surface area contributed by atoms with E-state index in [9.17, 15) is 22.4 Å². The van der Waals surface area contributed by atoms with Crippen LogP contribution in [0.1, 0.15) is 35.3 Å². The van der Waals surface area contributed by atoms with Gasteiger partial charge >= 0.3 is 6.18 Å². The van der Waals surface area contributed by atoms with Gasteiger partial charge in [0.05, 0.1) is 22.3 Å². The Morgan fingerprint density at radius 2 is 1.74 bits per heavy atom. The summed E-state index contributed by atoms with van der Waals surface area (Å²) in [7, 11) is 0. The molecule has 1 unspecified atom stereocenters. The molecule has 1 aliphatic heterocycles. The number of hydroxylamine groups is 2. The first-order valence-corrected chi connectivity index (χ1v) is 13.7. The van der Waals surface area contributed by atoms with Crippen molar-refractivity contribution >= 4 is 45.6 Å². The number of alkyl halides is 3. The highest BCUT2D eigenvalue weighted by Crippen LogP contribution is 2.49. The maximum absolute atomic E-state index is 14.5. The van der Waals surface area contributed by atoms with E-state index in [2.05, 4.69) is 35.0 Å². The van der Waals surface area contributed by atoms with Crippen molar-refractivity contribution in [2.24, 2.45) is 0 Å². The number of amides is 1. The Kier molecular flexibility index (Phi) is 10.0. The Hall–Kier alpha value is -3.35. The van der Waals surface area contributed by atoms with Crippen molar-refractivity contribution in [3.05, 3.63) is 99.6 Å². The van der Waals surface area contributed by atoms with Gasteiger partial charge in [-0.05, 0) is 48.1 Å². The van der Waals surface area contributed by atoms with Crippen molar-refractivity contribution in [3.8, 4) is 0 Å². The van der Waals surface area contributed by atoms with Crippen LogP contribution in [0, 0.1) is 5.82 Å². The van der Waals surface area contributed by atoms with Crippen molar-refractivity contribution in [2.75, 3.05) is 26.2 Å². The Bertz CT molecular complexity index is 1490. The fourth-order valence-corrected chi connectivity index (χ4v) is 5.02. The highest BCUT2D eigenvalue weighted by molar-refractivity contribution is 6.35. The molecule has 0 fully saturated rings. The first-order chi connectivity index (χ1) is 20.0. The number of carbonyl (C=O) groups is 1. The molecule has 1 atom stereocenters. The number of likely N-dealkylation sites (N-methyl/N-ethyl adjacent to an activating group) is 1. The summed E-state index contributed by atoms with van der Waals surface area (Å²) in [5, 5.41) is 2.46. The third-order valence-electron chi connectivity index (χ3n) is 6.82. The molecule has 0 saturated heterocycles. The van der Waals surface area contributed by atoms with Crippen molar-refractivity contribution in [2.45, 2.75) is 25.6 Å². The summed E-state index contributed by atoms with van der Waals surface area (Å²) in [6, 6.07) is 11.4. The molecule has 0 aliphatic carbocycles. The van der Waals surface area contributed by atoms with Crippen LogP contribution in [0.25, 0.3) is 16.5 Å². The third-order valence-corrected chi connectivity index (χ3v) is 7.37. The second-order valence-electron chi connectivity index (χ2n) is 9.26. The van der Waals surface area contributed by atoms with Gasteiger partial charge in [-0.2, -0.15) is 13.2 Å². The molecule has 224 valence electrons. The molecule has 13 heteroatoms. The van der Waals surface area contributed by atoms with Crippen LogP contribution in [0.15, 0.2) is 67.0 Å². The zero-order chi connectivity index (χ0) is 30.5. The van der Waals surface area contributed by atoms with Crippen LogP contribution in [0.3, 0.4) is 0 Å². The summed E-state index contributed by atoms with van der Waals surface area (Å²) in [4.78, 5) is 25.6. The van der Waals surface area contributed by atoms with Gasteiger partial charge in [0.1, 0.15) is 0 Å². The molecule has 1 heterocycles. The topological polar surface area (TPSA) is 74.9 Å². The van der Waals surface area contributed by atoms with Crippen molar-refractivity contribution in [1.29, 1.82) is 0 Å². The van der Waals surface area contributed by atoms with Gasteiger partial charge in [0.25, 0.3) is 5.91 Å². The first-order valence-electron chi connectivity index (χ1n) is 13.0. The maximum Gasteiger partial charge on any atom is 0.428 e. The third kappa shape index (κ3) is 6.50. The van der Waals surface area contributed by atoms with Crippen molar-refractivity contribution < 1.29 is 32.0 Å². The number of halogens is 6. The second-order valence-corrected chi connectivity index (χ2v) is 10.1. The molecule has 4 rings (SSSR count). The lowest BCUT2D eigenvalue weighted by molar-refractivity contribution is -0.269. The number of nitrogens with one attached hydrogen (secondary N) is 3. The van der Waals surface area contributed by atoms with E-state index >= 15 is 0 Å². The highest BCUT2D eigenvalue weighted by atomic mass is 35.5. The van der Waals surface area contributed by atoms with Gasteiger partial charge in [-0.25, -0.2) is 4.39 Å². The monoisotopic (exact) mass is 626 g/mol. The zero-order valence-corrected chi connectivity index (χ0v) is 24.1. The molecule has 0 spiro atoms. The maximum atomic E-state index is 14.5. The Morgan fingerprint density at radius 1 is 1.07 bits per heavy atom. The molecule has 7 nitrogen and oxygen atoms in total. The van der Waals surface area contributed by atoms with Crippen LogP contribution >= 0.6 is 23.2 Å². The van der Waals surface area contributed by atoms with E-state index in [-0.39, 0.29) is 5.70 Å². The van der Waals surface area contributed by atoms with Gasteiger partial charge in [0.2, 0.25) is 5.60 Å². The Labute approximate surface area is 250 Å². The molecular weight excluding hydrogens is 599 g/mol. The molecular formula is C29H28Cl2F4N4O3.